The summed E-state index contributed by atoms with van der Waals surface area (Å²) in [6.07, 6.45) is 0. The van der Waals surface area contributed by atoms with Crippen molar-refractivity contribution in [3.8, 4) is 0 Å². The molecular formula is C13H8BrCl2I. The summed E-state index contributed by atoms with van der Waals surface area (Å²) in [6, 6.07) is 13.9. The summed E-state index contributed by atoms with van der Waals surface area (Å²) < 4.78 is 1.22. The van der Waals surface area contributed by atoms with Gasteiger partial charge in [-0.1, -0.05) is 57.3 Å². The second-order valence-corrected chi connectivity index (χ2v) is 6.58. The van der Waals surface area contributed by atoms with Crippen molar-refractivity contribution in [1.82, 2.24) is 0 Å². The van der Waals surface area contributed by atoms with E-state index in [4.69, 9.17) is 23.2 Å². The standard InChI is InChI=1S/C13H8BrCl2I/c14-13(8-1-4-10(17)5-2-8)11-6-3-9(15)7-12(11)16/h1-7,13H. The highest BCUT2D eigenvalue weighted by Gasteiger charge is 2.13. The predicted molar refractivity (Wildman–Crippen MR) is 86.4 cm³/mol. The van der Waals surface area contributed by atoms with Gasteiger partial charge in [0.2, 0.25) is 0 Å². The van der Waals surface area contributed by atoms with Crippen molar-refractivity contribution < 1.29 is 0 Å². The minimum Gasteiger partial charge on any atom is -0.0843 e. The van der Waals surface area contributed by atoms with E-state index in [0.29, 0.717) is 10.0 Å². The number of halogens is 4. The summed E-state index contributed by atoms with van der Waals surface area (Å²) in [6.45, 7) is 0. The lowest BCUT2D eigenvalue weighted by Crippen LogP contribution is -1.93. The molecule has 0 aliphatic carbocycles. The molecule has 17 heavy (non-hydrogen) atoms. The average Bonchev–Trinajstić information content (AvgIpc) is 2.29. The second kappa shape index (κ2) is 5.91. The zero-order valence-electron chi connectivity index (χ0n) is 8.63. The molecule has 0 amide bonds. The third-order valence-corrected chi connectivity index (χ3v) is 4.70. The van der Waals surface area contributed by atoms with Crippen LogP contribution in [0.1, 0.15) is 16.0 Å². The molecule has 0 saturated heterocycles. The Bertz CT molecular complexity index is 525. The molecule has 2 aromatic rings. The van der Waals surface area contributed by atoms with Crippen LogP contribution in [0.4, 0.5) is 0 Å². The summed E-state index contributed by atoms with van der Waals surface area (Å²) in [5.74, 6) is 0. The topological polar surface area (TPSA) is 0 Å². The number of benzene rings is 2. The molecule has 0 aromatic heterocycles. The first-order valence-corrected chi connectivity index (χ1v) is 7.67. The van der Waals surface area contributed by atoms with E-state index in [-0.39, 0.29) is 4.83 Å². The van der Waals surface area contributed by atoms with Gasteiger partial charge in [0.15, 0.2) is 0 Å². The monoisotopic (exact) mass is 440 g/mol. The smallest absolute Gasteiger partial charge is 0.0659 e. The maximum atomic E-state index is 6.19. The van der Waals surface area contributed by atoms with Crippen molar-refractivity contribution in [1.29, 1.82) is 0 Å². The van der Waals surface area contributed by atoms with Gasteiger partial charge in [0.1, 0.15) is 0 Å². The quantitative estimate of drug-likeness (QED) is 0.391. The number of hydrogen-bond acceptors (Lipinski definition) is 0. The summed E-state index contributed by atoms with van der Waals surface area (Å²) in [5.41, 5.74) is 2.20. The lowest BCUT2D eigenvalue weighted by atomic mass is 10.1. The van der Waals surface area contributed by atoms with Gasteiger partial charge in [-0.15, -0.1) is 0 Å². The first kappa shape index (κ1) is 13.7. The van der Waals surface area contributed by atoms with Crippen LogP contribution in [-0.4, -0.2) is 0 Å². The van der Waals surface area contributed by atoms with E-state index in [0.717, 1.165) is 5.56 Å². The van der Waals surface area contributed by atoms with Gasteiger partial charge < -0.3 is 0 Å². The molecule has 0 N–H and O–H groups in total. The second-order valence-electron chi connectivity index (χ2n) is 3.58. The highest BCUT2D eigenvalue weighted by Crippen LogP contribution is 2.36. The van der Waals surface area contributed by atoms with Gasteiger partial charge in [-0.05, 0) is 58.0 Å². The Hall–Kier alpha value is 0.230. The van der Waals surface area contributed by atoms with Crippen LogP contribution in [0.25, 0.3) is 0 Å². The van der Waals surface area contributed by atoms with Crippen molar-refractivity contribution in [2.24, 2.45) is 0 Å². The number of hydrogen-bond donors (Lipinski definition) is 0. The lowest BCUT2D eigenvalue weighted by molar-refractivity contribution is 1.18. The summed E-state index contributed by atoms with van der Waals surface area (Å²) in [4.78, 5) is 0.0873. The fraction of sp³-hybridized carbons (Fsp3) is 0.0769. The van der Waals surface area contributed by atoms with Crippen molar-refractivity contribution in [3.05, 3.63) is 67.2 Å². The largest absolute Gasteiger partial charge is 0.0843 e. The predicted octanol–water partition coefficient (Wildman–Crippen LogP) is 6.08. The molecule has 0 heterocycles. The molecule has 1 unspecified atom stereocenters. The van der Waals surface area contributed by atoms with Crippen LogP contribution in [0.5, 0.6) is 0 Å². The zero-order valence-corrected chi connectivity index (χ0v) is 13.9. The molecule has 0 radical (unpaired) electrons. The molecular weight excluding hydrogens is 434 g/mol. The maximum Gasteiger partial charge on any atom is 0.0659 e. The Morgan fingerprint density at radius 1 is 1.00 bits per heavy atom. The van der Waals surface area contributed by atoms with Crippen LogP contribution in [0.15, 0.2) is 42.5 Å². The van der Waals surface area contributed by atoms with Crippen LogP contribution < -0.4 is 0 Å². The van der Waals surface area contributed by atoms with Crippen molar-refractivity contribution in [2.75, 3.05) is 0 Å². The van der Waals surface area contributed by atoms with E-state index < -0.39 is 0 Å². The molecule has 0 aliphatic rings. The Balaban J connectivity index is 2.36. The van der Waals surface area contributed by atoms with E-state index in [1.165, 1.54) is 9.13 Å². The van der Waals surface area contributed by atoms with Gasteiger partial charge in [0.25, 0.3) is 0 Å². The Kier molecular flexibility index (Phi) is 4.75. The van der Waals surface area contributed by atoms with Gasteiger partial charge in [0, 0.05) is 13.6 Å². The summed E-state index contributed by atoms with van der Waals surface area (Å²) >= 11 is 18.0. The Morgan fingerprint density at radius 2 is 1.65 bits per heavy atom. The molecule has 0 aliphatic heterocycles. The number of rotatable bonds is 2. The Morgan fingerprint density at radius 3 is 2.24 bits per heavy atom. The summed E-state index contributed by atoms with van der Waals surface area (Å²) in [5, 5.41) is 1.33. The van der Waals surface area contributed by atoms with Crippen molar-refractivity contribution in [2.45, 2.75) is 4.83 Å². The van der Waals surface area contributed by atoms with Gasteiger partial charge in [0.05, 0.1) is 4.83 Å². The van der Waals surface area contributed by atoms with Crippen LogP contribution in [0, 0.1) is 3.57 Å². The normalized spacial score (nSPS) is 12.5. The fourth-order valence-electron chi connectivity index (χ4n) is 1.52. The van der Waals surface area contributed by atoms with Crippen molar-refractivity contribution in [3.63, 3.8) is 0 Å². The molecule has 2 aromatic carbocycles. The SMILES string of the molecule is Clc1ccc(C(Br)c2ccc(I)cc2)c(Cl)c1. The highest BCUT2D eigenvalue weighted by atomic mass is 127. The molecule has 0 saturated carbocycles. The van der Waals surface area contributed by atoms with Gasteiger partial charge >= 0.3 is 0 Å². The van der Waals surface area contributed by atoms with E-state index in [2.05, 4.69) is 62.8 Å². The summed E-state index contributed by atoms with van der Waals surface area (Å²) in [7, 11) is 0. The molecule has 0 spiro atoms. The average molecular weight is 442 g/mol. The van der Waals surface area contributed by atoms with E-state index in [9.17, 15) is 0 Å². The zero-order chi connectivity index (χ0) is 12.4. The van der Waals surface area contributed by atoms with Crippen LogP contribution in [0.3, 0.4) is 0 Å². The van der Waals surface area contributed by atoms with Gasteiger partial charge in [-0.2, -0.15) is 0 Å². The van der Waals surface area contributed by atoms with Gasteiger partial charge in [-0.3, -0.25) is 0 Å². The number of alkyl halides is 1. The van der Waals surface area contributed by atoms with Crippen molar-refractivity contribution >= 4 is 61.7 Å². The highest BCUT2D eigenvalue weighted by molar-refractivity contribution is 14.1. The fourth-order valence-corrected chi connectivity index (χ4v) is 3.23. The molecule has 2 rings (SSSR count). The van der Waals surface area contributed by atoms with Gasteiger partial charge in [-0.25, -0.2) is 0 Å². The molecule has 0 nitrogen and oxygen atoms in total. The third kappa shape index (κ3) is 3.37. The van der Waals surface area contributed by atoms with E-state index in [1.807, 2.05) is 12.1 Å². The lowest BCUT2D eigenvalue weighted by Gasteiger charge is -2.12. The van der Waals surface area contributed by atoms with Crippen LogP contribution in [-0.2, 0) is 0 Å². The minimum atomic E-state index is 0.0873. The molecule has 4 heteroatoms. The minimum absolute atomic E-state index is 0.0873. The first-order valence-electron chi connectivity index (χ1n) is 4.92. The van der Waals surface area contributed by atoms with E-state index >= 15 is 0 Å². The van der Waals surface area contributed by atoms with Crippen LogP contribution >= 0.6 is 61.7 Å². The molecule has 0 fully saturated rings. The van der Waals surface area contributed by atoms with E-state index in [1.54, 1.807) is 6.07 Å². The molecule has 1 atom stereocenters. The molecule has 0 bridgehead atoms. The van der Waals surface area contributed by atoms with Crippen LogP contribution in [0.2, 0.25) is 10.0 Å². The third-order valence-electron chi connectivity index (χ3n) is 2.40. The maximum absolute atomic E-state index is 6.19. The molecule has 88 valence electrons. The first-order chi connectivity index (χ1) is 8.08. The Labute approximate surface area is 133 Å².